The quantitative estimate of drug-likeness (QED) is 0.567. The van der Waals surface area contributed by atoms with Crippen LogP contribution in [0, 0.1) is 33.5 Å². The van der Waals surface area contributed by atoms with E-state index in [1.54, 1.807) is 12.1 Å². The Kier molecular flexibility index (Phi) is 2.27. The van der Waals surface area contributed by atoms with Crippen LogP contribution in [-0.4, -0.2) is 11.4 Å². The topological polar surface area (TPSA) is 95.3 Å². The Labute approximate surface area is 79.4 Å². The molecule has 1 rings (SSSR count). The maximum Gasteiger partial charge on any atom is 0.103 e. The van der Waals surface area contributed by atoms with E-state index in [-0.39, 0.29) is 27.6 Å². The molecule has 0 saturated carbocycles. The first-order chi connectivity index (χ1) is 6.11. The molecule has 0 unspecified atom stereocenters. The van der Waals surface area contributed by atoms with E-state index in [0.717, 1.165) is 0 Å². The van der Waals surface area contributed by atoms with Crippen LogP contribution in [0.4, 0.5) is 0 Å². The van der Waals surface area contributed by atoms with Crippen molar-refractivity contribution in [3.63, 3.8) is 0 Å². The zero-order chi connectivity index (χ0) is 10.0. The normalized spacial score (nSPS) is 16.4. The third kappa shape index (κ3) is 1.35. The van der Waals surface area contributed by atoms with Gasteiger partial charge >= 0.3 is 0 Å². The molecule has 0 aliphatic heterocycles. The van der Waals surface area contributed by atoms with Gasteiger partial charge < -0.3 is 0 Å². The molecule has 0 bridgehead atoms. The molecular formula is C8H3ClN4. The van der Waals surface area contributed by atoms with Crippen LogP contribution < -0.4 is 0 Å². The predicted molar refractivity (Wildman–Crippen MR) is 47.6 cm³/mol. The van der Waals surface area contributed by atoms with Crippen LogP contribution in [0.25, 0.3) is 0 Å². The molecule has 0 aromatic carbocycles. The standard InChI is InChI=1S/C8H3ClN4/c9-7-5(3-11)8(13)4(2-10)1-6(7)12/h1,12-13H. The van der Waals surface area contributed by atoms with Gasteiger partial charge in [0.15, 0.2) is 0 Å². The summed E-state index contributed by atoms with van der Waals surface area (Å²) < 4.78 is 0. The smallest absolute Gasteiger partial charge is 0.103 e. The zero-order valence-electron chi connectivity index (χ0n) is 6.35. The molecule has 0 saturated heterocycles. The summed E-state index contributed by atoms with van der Waals surface area (Å²) in [4.78, 5) is 0. The summed E-state index contributed by atoms with van der Waals surface area (Å²) in [5, 5.41) is 31.7. The molecule has 0 atom stereocenters. The monoisotopic (exact) mass is 190 g/mol. The van der Waals surface area contributed by atoms with Crippen molar-refractivity contribution < 1.29 is 0 Å². The second-order valence-corrected chi connectivity index (χ2v) is 2.64. The van der Waals surface area contributed by atoms with Crippen molar-refractivity contribution in [1.82, 2.24) is 0 Å². The van der Waals surface area contributed by atoms with Crippen LogP contribution in [0.15, 0.2) is 22.3 Å². The van der Waals surface area contributed by atoms with E-state index in [2.05, 4.69) is 0 Å². The van der Waals surface area contributed by atoms with Gasteiger partial charge in [0.25, 0.3) is 0 Å². The highest BCUT2D eigenvalue weighted by molar-refractivity contribution is 6.50. The summed E-state index contributed by atoms with van der Waals surface area (Å²) in [6, 6.07) is 3.41. The molecule has 4 nitrogen and oxygen atoms in total. The summed E-state index contributed by atoms with van der Waals surface area (Å²) in [5.74, 6) is 0. The molecule has 62 valence electrons. The van der Waals surface area contributed by atoms with Crippen molar-refractivity contribution >= 4 is 23.0 Å². The number of nitrogens with one attached hydrogen (secondary N) is 2. The lowest BCUT2D eigenvalue weighted by Gasteiger charge is -2.09. The summed E-state index contributed by atoms with van der Waals surface area (Å²) in [5.41, 5.74) is -0.451. The third-order valence-electron chi connectivity index (χ3n) is 1.50. The fourth-order valence-corrected chi connectivity index (χ4v) is 1.04. The Morgan fingerprint density at radius 3 is 2.31 bits per heavy atom. The first-order valence-corrected chi connectivity index (χ1v) is 3.59. The molecule has 2 N–H and O–H groups in total. The van der Waals surface area contributed by atoms with E-state index in [9.17, 15) is 0 Å². The van der Waals surface area contributed by atoms with Gasteiger partial charge in [-0.3, -0.25) is 10.8 Å². The molecule has 0 heterocycles. The van der Waals surface area contributed by atoms with Crippen molar-refractivity contribution in [2.45, 2.75) is 0 Å². The Bertz CT molecular complexity index is 442. The van der Waals surface area contributed by atoms with Crippen LogP contribution in [0.5, 0.6) is 0 Å². The minimum absolute atomic E-state index is 0.00838. The number of halogens is 1. The molecule has 0 amide bonds. The van der Waals surface area contributed by atoms with Gasteiger partial charge in [-0.15, -0.1) is 0 Å². The Morgan fingerprint density at radius 1 is 1.23 bits per heavy atom. The first kappa shape index (κ1) is 9.18. The second-order valence-electron chi connectivity index (χ2n) is 2.26. The summed E-state index contributed by atoms with van der Waals surface area (Å²) in [6.07, 6.45) is 1.17. The fraction of sp³-hybridized carbons (Fsp3) is 0. The molecule has 0 fully saturated rings. The van der Waals surface area contributed by atoms with E-state index < -0.39 is 0 Å². The van der Waals surface area contributed by atoms with Crippen LogP contribution >= 0.6 is 11.6 Å². The highest BCUT2D eigenvalue weighted by Crippen LogP contribution is 2.21. The van der Waals surface area contributed by atoms with E-state index in [0.29, 0.717) is 0 Å². The molecule has 1 aliphatic carbocycles. The van der Waals surface area contributed by atoms with Crippen LogP contribution in [0.1, 0.15) is 0 Å². The van der Waals surface area contributed by atoms with Crippen molar-refractivity contribution in [1.29, 1.82) is 21.3 Å². The Hall–Kier alpha value is -1.91. The molecule has 0 aromatic heterocycles. The van der Waals surface area contributed by atoms with E-state index in [1.807, 2.05) is 0 Å². The van der Waals surface area contributed by atoms with Crippen molar-refractivity contribution in [2.24, 2.45) is 0 Å². The molecule has 1 aliphatic rings. The van der Waals surface area contributed by atoms with Crippen molar-refractivity contribution in [3.05, 3.63) is 22.3 Å². The largest absolute Gasteiger partial charge is 0.299 e. The molecule has 13 heavy (non-hydrogen) atoms. The van der Waals surface area contributed by atoms with E-state index >= 15 is 0 Å². The Morgan fingerprint density at radius 2 is 1.85 bits per heavy atom. The number of nitrogens with zero attached hydrogens (tertiary/aromatic N) is 2. The van der Waals surface area contributed by atoms with Crippen molar-refractivity contribution in [3.8, 4) is 12.1 Å². The van der Waals surface area contributed by atoms with E-state index in [4.69, 9.17) is 32.9 Å². The fourth-order valence-electron chi connectivity index (χ4n) is 0.852. The van der Waals surface area contributed by atoms with Crippen LogP contribution in [0.2, 0.25) is 0 Å². The van der Waals surface area contributed by atoms with Crippen molar-refractivity contribution in [2.75, 3.05) is 0 Å². The first-order valence-electron chi connectivity index (χ1n) is 3.21. The SMILES string of the molecule is N#CC1=CC(=N)C(Cl)=C(C#N)C1=N. The Balaban J connectivity index is 3.34. The molecule has 0 spiro atoms. The minimum atomic E-state index is -0.217. The molecular weight excluding hydrogens is 188 g/mol. The van der Waals surface area contributed by atoms with Gasteiger partial charge in [-0.1, -0.05) is 11.6 Å². The van der Waals surface area contributed by atoms with Gasteiger partial charge in [-0.05, 0) is 6.08 Å². The minimum Gasteiger partial charge on any atom is -0.299 e. The highest BCUT2D eigenvalue weighted by atomic mass is 35.5. The van der Waals surface area contributed by atoms with Gasteiger partial charge in [0.1, 0.15) is 12.1 Å². The average molecular weight is 191 g/mol. The van der Waals surface area contributed by atoms with Gasteiger partial charge in [0.05, 0.1) is 27.6 Å². The number of rotatable bonds is 0. The summed E-state index contributed by atoms with van der Waals surface area (Å²) in [6.45, 7) is 0. The zero-order valence-corrected chi connectivity index (χ0v) is 7.11. The maximum atomic E-state index is 8.60. The number of hydrogen-bond acceptors (Lipinski definition) is 4. The summed E-state index contributed by atoms with van der Waals surface area (Å²) >= 11 is 5.59. The summed E-state index contributed by atoms with van der Waals surface area (Å²) in [7, 11) is 0. The third-order valence-corrected chi connectivity index (χ3v) is 1.89. The second kappa shape index (κ2) is 3.22. The number of nitriles is 2. The van der Waals surface area contributed by atoms with Gasteiger partial charge in [0, 0.05) is 0 Å². The molecule has 5 heteroatoms. The molecule has 0 aromatic rings. The lowest BCUT2D eigenvalue weighted by Crippen LogP contribution is -2.14. The number of allylic oxidation sites excluding steroid dienone is 4. The van der Waals surface area contributed by atoms with Crippen LogP contribution in [0.3, 0.4) is 0 Å². The van der Waals surface area contributed by atoms with E-state index in [1.165, 1.54) is 6.08 Å². The molecule has 0 radical (unpaired) electrons. The predicted octanol–water partition coefficient (Wildman–Crippen LogP) is 1.51. The lowest BCUT2D eigenvalue weighted by molar-refractivity contribution is 1.41. The van der Waals surface area contributed by atoms with Gasteiger partial charge in [-0.25, -0.2) is 0 Å². The maximum absolute atomic E-state index is 8.60. The lowest BCUT2D eigenvalue weighted by atomic mass is 9.96. The average Bonchev–Trinajstić information content (AvgIpc) is 2.12. The van der Waals surface area contributed by atoms with Gasteiger partial charge in [0.2, 0.25) is 0 Å². The highest BCUT2D eigenvalue weighted by Gasteiger charge is 2.22. The number of hydrogen-bond donors (Lipinski definition) is 2. The van der Waals surface area contributed by atoms with Crippen LogP contribution in [-0.2, 0) is 0 Å². The van der Waals surface area contributed by atoms with Gasteiger partial charge in [-0.2, -0.15) is 10.5 Å².